The lowest BCUT2D eigenvalue weighted by molar-refractivity contribution is -0.122. The lowest BCUT2D eigenvalue weighted by atomic mass is 10.1. The van der Waals surface area contributed by atoms with E-state index in [1.807, 2.05) is 38.1 Å². The Labute approximate surface area is 165 Å². The van der Waals surface area contributed by atoms with Crippen molar-refractivity contribution in [1.29, 1.82) is 0 Å². The molecule has 2 aromatic rings. The topological polar surface area (TPSA) is 67.9 Å². The van der Waals surface area contributed by atoms with Crippen molar-refractivity contribution in [2.24, 2.45) is 0 Å². The first kappa shape index (κ1) is 19.9. The summed E-state index contributed by atoms with van der Waals surface area (Å²) in [6.45, 7) is 6.17. The number of carbonyl (C=O) groups is 2. The molecule has 0 radical (unpaired) electrons. The van der Waals surface area contributed by atoms with Crippen LogP contribution >= 0.6 is 0 Å². The minimum Gasteiger partial charge on any atom is -0.481 e. The molecule has 2 amide bonds. The second-order valence-corrected chi connectivity index (χ2v) is 6.80. The number of amides is 2. The first-order valence-electron chi connectivity index (χ1n) is 9.58. The Bertz CT molecular complexity index is 814. The summed E-state index contributed by atoms with van der Waals surface area (Å²) in [7, 11) is 0. The van der Waals surface area contributed by atoms with E-state index in [-0.39, 0.29) is 11.8 Å². The highest BCUT2D eigenvalue weighted by molar-refractivity contribution is 5.98. The molecule has 0 bridgehead atoms. The summed E-state index contributed by atoms with van der Waals surface area (Å²) >= 11 is 0. The molecule has 1 saturated heterocycles. The standard InChI is InChI=1S/C22H26N2O4/c1-3-20(28-19-9-7-16(2)8-10-19)21(25)23-18-6-4-5-17(15-18)22(26)24-11-13-27-14-12-24/h4-10,15,20H,3,11-14H2,1-2H3,(H,23,25)/t20-/m0/s1. The number of nitrogens with one attached hydrogen (secondary N) is 1. The molecular weight excluding hydrogens is 356 g/mol. The predicted octanol–water partition coefficient (Wildman–Crippen LogP) is 3.26. The summed E-state index contributed by atoms with van der Waals surface area (Å²) in [5.74, 6) is 0.366. The van der Waals surface area contributed by atoms with Gasteiger partial charge in [-0.2, -0.15) is 0 Å². The zero-order chi connectivity index (χ0) is 19.9. The van der Waals surface area contributed by atoms with E-state index >= 15 is 0 Å². The molecule has 0 saturated carbocycles. The Morgan fingerprint density at radius 3 is 2.54 bits per heavy atom. The highest BCUT2D eigenvalue weighted by Crippen LogP contribution is 2.18. The van der Waals surface area contributed by atoms with Crippen molar-refractivity contribution >= 4 is 17.5 Å². The van der Waals surface area contributed by atoms with Crippen LogP contribution in [0.25, 0.3) is 0 Å². The summed E-state index contributed by atoms with van der Waals surface area (Å²) in [5.41, 5.74) is 2.26. The van der Waals surface area contributed by atoms with Crippen LogP contribution in [0, 0.1) is 6.92 Å². The van der Waals surface area contributed by atoms with E-state index in [1.54, 1.807) is 29.2 Å². The second kappa shape index (κ2) is 9.37. The van der Waals surface area contributed by atoms with Gasteiger partial charge in [0.2, 0.25) is 0 Å². The molecule has 0 aliphatic carbocycles. The van der Waals surface area contributed by atoms with Gasteiger partial charge in [-0.1, -0.05) is 30.7 Å². The van der Waals surface area contributed by atoms with Gasteiger partial charge in [0.05, 0.1) is 13.2 Å². The molecule has 3 rings (SSSR count). The number of carbonyl (C=O) groups excluding carboxylic acids is 2. The smallest absolute Gasteiger partial charge is 0.265 e. The van der Waals surface area contributed by atoms with Crippen LogP contribution in [0.4, 0.5) is 5.69 Å². The SMILES string of the molecule is CC[C@H](Oc1ccc(C)cc1)C(=O)Nc1cccc(C(=O)N2CCOCC2)c1. The van der Waals surface area contributed by atoms with Crippen LogP contribution in [0.5, 0.6) is 5.75 Å². The van der Waals surface area contributed by atoms with Gasteiger partial charge in [-0.25, -0.2) is 0 Å². The molecular formula is C22H26N2O4. The number of anilines is 1. The highest BCUT2D eigenvalue weighted by Gasteiger charge is 2.21. The summed E-state index contributed by atoms with van der Waals surface area (Å²) < 4.78 is 11.1. The van der Waals surface area contributed by atoms with Gasteiger partial charge in [0, 0.05) is 24.3 Å². The van der Waals surface area contributed by atoms with Gasteiger partial charge in [0.1, 0.15) is 5.75 Å². The molecule has 1 fully saturated rings. The van der Waals surface area contributed by atoms with Crippen LogP contribution < -0.4 is 10.1 Å². The molecule has 1 aliphatic rings. The molecule has 0 unspecified atom stereocenters. The summed E-state index contributed by atoms with van der Waals surface area (Å²) in [6, 6.07) is 14.6. The van der Waals surface area contributed by atoms with E-state index in [1.165, 1.54) is 0 Å². The maximum absolute atomic E-state index is 12.6. The fourth-order valence-electron chi connectivity index (χ4n) is 3.01. The van der Waals surface area contributed by atoms with Crippen molar-refractivity contribution in [2.45, 2.75) is 26.4 Å². The third-order valence-electron chi connectivity index (χ3n) is 4.64. The van der Waals surface area contributed by atoms with Gasteiger partial charge in [0.25, 0.3) is 11.8 Å². The molecule has 2 aromatic carbocycles. The van der Waals surface area contributed by atoms with Crippen molar-refractivity contribution in [3.63, 3.8) is 0 Å². The quantitative estimate of drug-likeness (QED) is 0.833. The van der Waals surface area contributed by atoms with E-state index in [2.05, 4.69) is 5.32 Å². The van der Waals surface area contributed by atoms with Crippen LogP contribution in [0.15, 0.2) is 48.5 Å². The van der Waals surface area contributed by atoms with Crippen molar-refractivity contribution < 1.29 is 19.1 Å². The molecule has 1 atom stereocenters. The zero-order valence-corrected chi connectivity index (χ0v) is 16.3. The van der Waals surface area contributed by atoms with E-state index < -0.39 is 6.10 Å². The van der Waals surface area contributed by atoms with E-state index in [0.717, 1.165) is 5.56 Å². The number of hydrogen-bond donors (Lipinski definition) is 1. The molecule has 6 nitrogen and oxygen atoms in total. The Balaban J connectivity index is 1.65. The summed E-state index contributed by atoms with van der Waals surface area (Å²) in [6.07, 6.45) is -0.0761. The van der Waals surface area contributed by atoms with Gasteiger partial charge in [-0.3, -0.25) is 9.59 Å². The first-order valence-corrected chi connectivity index (χ1v) is 9.58. The summed E-state index contributed by atoms with van der Waals surface area (Å²) in [5, 5.41) is 2.86. The fraction of sp³-hybridized carbons (Fsp3) is 0.364. The zero-order valence-electron chi connectivity index (χ0n) is 16.3. The van der Waals surface area contributed by atoms with Crippen molar-refractivity contribution in [2.75, 3.05) is 31.6 Å². The highest BCUT2D eigenvalue weighted by atomic mass is 16.5. The van der Waals surface area contributed by atoms with E-state index in [0.29, 0.717) is 49.7 Å². The normalized spacial score (nSPS) is 15.0. The van der Waals surface area contributed by atoms with Gasteiger partial charge in [-0.05, 0) is 43.7 Å². The van der Waals surface area contributed by atoms with Crippen LogP contribution in [0.1, 0.15) is 29.3 Å². The Hall–Kier alpha value is -2.86. The molecule has 1 N–H and O–H groups in total. The maximum atomic E-state index is 12.6. The number of benzene rings is 2. The van der Waals surface area contributed by atoms with Gasteiger partial charge in [-0.15, -0.1) is 0 Å². The number of ether oxygens (including phenoxy) is 2. The maximum Gasteiger partial charge on any atom is 0.265 e. The Morgan fingerprint density at radius 2 is 1.86 bits per heavy atom. The Kier molecular flexibility index (Phi) is 6.66. The number of aryl methyl sites for hydroxylation is 1. The molecule has 0 spiro atoms. The van der Waals surface area contributed by atoms with Crippen LogP contribution in [0.2, 0.25) is 0 Å². The lowest BCUT2D eigenvalue weighted by Gasteiger charge is -2.27. The molecule has 0 aromatic heterocycles. The van der Waals surface area contributed by atoms with Crippen LogP contribution in [-0.2, 0) is 9.53 Å². The Morgan fingerprint density at radius 1 is 1.14 bits per heavy atom. The third kappa shape index (κ3) is 5.10. The largest absolute Gasteiger partial charge is 0.481 e. The summed E-state index contributed by atoms with van der Waals surface area (Å²) in [4.78, 5) is 27.0. The van der Waals surface area contributed by atoms with Crippen molar-refractivity contribution in [3.05, 3.63) is 59.7 Å². The fourth-order valence-corrected chi connectivity index (χ4v) is 3.01. The van der Waals surface area contributed by atoms with E-state index in [4.69, 9.17) is 9.47 Å². The number of nitrogens with zero attached hydrogens (tertiary/aromatic N) is 1. The average molecular weight is 382 g/mol. The number of morpholine rings is 1. The molecule has 1 aliphatic heterocycles. The second-order valence-electron chi connectivity index (χ2n) is 6.80. The monoisotopic (exact) mass is 382 g/mol. The third-order valence-corrected chi connectivity index (χ3v) is 4.64. The van der Waals surface area contributed by atoms with Gasteiger partial charge in [0.15, 0.2) is 6.10 Å². The van der Waals surface area contributed by atoms with Crippen molar-refractivity contribution in [1.82, 2.24) is 4.90 Å². The van der Waals surface area contributed by atoms with Crippen LogP contribution in [-0.4, -0.2) is 49.1 Å². The van der Waals surface area contributed by atoms with E-state index in [9.17, 15) is 9.59 Å². The molecule has 148 valence electrons. The molecule has 6 heteroatoms. The van der Waals surface area contributed by atoms with Crippen molar-refractivity contribution in [3.8, 4) is 5.75 Å². The number of rotatable bonds is 6. The predicted molar refractivity (Wildman–Crippen MR) is 108 cm³/mol. The minimum absolute atomic E-state index is 0.0534. The first-order chi connectivity index (χ1) is 13.6. The molecule has 28 heavy (non-hydrogen) atoms. The van der Waals surface area contributed by atoms with Gasteiger partial charge < -0.3 is 19.7 Å². The number of hydrogen-bond acceptors (Lipinski definition) is 4. The van der Waals surface area contributed by atoms with Gasteiger partial charge >= 0.3 is 0 Å². The molecule has 1 heterocycles. The minimum atomic E-state index is -0.610. The average Bonchev–Trinajstić information content (AvgIpc) is 2.73. The van der Waals surface area contributed by atoms with Crippen LogP contribution in [0.3, 0.4) is 0 Å². The lowest BCUT2D eigenvalue weighted by Crippen LogP contribution is -2.40.